The molecule has 0 fully saturated rings. The molecule has 0 aliphatic carbocycles. The lowest BCUT2D eigenvalue weighted by Gasteiger charge is -2.34. The molecule has 0 N–H and O–H groups in total. The van der Waals surface area contributed by atoms with Gasteiger partial charge in [0.2, 0.25) is 0 Å². The quantitative estimate of drug-likeness (QED) is 0.671. The van der Waals surface area contributed by atoms with E-state index in [1.165, 1.54) is 34.5 Å². The molecule has 7 heteroatoms. The van der Waals surface area contributed by atoms with Crippen molar-refractivity contribution >= 4 is 22.3 Å². The first kappa shape index (κ1) is 16.0. The summed E-state index contributed by atoms with van der Waals surface area (Å²) in [4.78, 5) is 31.7. The average Bonchev–Trinajstić information content (AvgIpc) is 3.09. The minimum absolute atomic E-state index is 0.103. The molecule has 6 nitrogen and oxygen atoms in total. The van der Waals surface area contributed by atoms with Gasteiger partial charge in [-0.25, -0.2) is 4.98 Å². The summed E-state index contributed by atoms with van der Waals surface area (Å²) >= 11 is 1.42. The van der Waals surface area contributed by atoms with Crippen LogP contribution in [0.4, 0.5) is 0 Å². The van der Waals surface area contributed by atoms with E-state index in [1.54, 1.807) is 6.20 Å². The van der Waals surface area contributed by atoms with E-state index in [2.05, 4.69) is 11.1 Å². The standard InChI is InChI=1S/C18H17N3O3S/c1-24-17(23)15-8-12-4-2-3-5-13(12)10-20(15)11-14-9-16(22)21-6-7-25-18(21)19-14/h2-7,9,15H,8,10-11H2,1H3/t15-/m0/s1. The fraction of sp³-hybridized carbons (Fsp3) is 0.278. The van der Waals surface area contributed by atoms with Crippen molar-refractivity contribution in [2.24, 2.45) is 0 Å². The Balaban J connectivity index is 1.68. The molecule has 1 aliphatic heterocycles. The molecule has 128 valence electrons. The van der Waals surface area contributed by atoms with Crippen molar-refractivity contribution in [1.82, 2.24) is 14.3 Å². The fourth-order valence-corrected chi connectivity index (χ4v) is 4.03. The molecule has 0 saturated heterocycles. The molecular weight excluding hydrogens is 338 g/mol. The monoisotopic (exact) mass is 355 g/mol. The van der Waals surface area contributed by atoms with Crippen molar-refractivity contribution in [3.05, 3.63) is 69.1 Å². The molecule has 4 rings (SSSR count). The topological polar surface area (TPSA) is 63.9 Å². The summed E-state index contributed by atoms with van der Waals surface area (Å²) in [7, 11) is 1.41. The zero-order valence-corrected chi connectivity index (χ0v) is 14.5. The van der Waals surface area contributed by atoms with Crippen molar-refractivity contribution in [2.45, 2.75) is 25.6 Å². The Hall–Kier alpha value is -2.51. The van der Waals surface area contributed by atoms with Crippen LogP contribution < -0.4 is 5.56 Å². The first-order valence-corrected chi connectivity index (χ1v) is 8.88. The number of benzene rings is 1. The summed E-state index contributed by atoms with van der Waals surface area (Å²) in [5.41, 5.74) is 2.92. The number of hydrogen-bond donors (Lipinski definition) is 0. The van der Waals surface area contributed by atoms with Gasteiger partial charge in [0, 0.05) is 30.7 Å². The number of aromatic nitrogens is 2. The summed E-state index contributed by atoms with van der Waals surface area (Å²) in [5.74, 6) is -0.261. The number of rotatable bonds is 3. The van der Waals surface area contributed by atoms with Crippen molar-refractivity contribution in [3.63, 3.8) is 0 Å². The van der Waals surface area contributed by atoms with Crippen LogP contribution in [-0.4, -0.2) is 33.4 Å². The lowest BCUT2D eigenvalue weighted by molar-refractivity contribution is -0.148. The molecule has 0 spiro atoms. The second kappa shape index (κ2) is 6.42. The summed E-state index contributed by atoms with van der Waals surface area (Å²) in [6.45, 7) is 1.05. The summed E-state index contributed by atoms with van der Waals surface area (Å²) in [5, 5.41) is 1.84. The van der Waals surface area contributed by atoms with Gasteiger partial charge >= 0.3 is 5.97 Å². The average molecular weight is 355 g/mol. The lowest BCUT2D eigenvalue weighted by Crippen LogP contribution is -2.45. The van der Waals surface area contributed by atoms with Gasteiger partial charge in [0.15, 0.2) is 4.96 Å². The van der Waals surface area contributed by atoms with Gasteiger partial charge in [-0.1, -0.05) is 24.3 Å². The van der Waals surface area contributed by atoms with E-state index in [0.717, 1.165) is 5.56 Å². The molecule has 0 saturated carbocycles. The number of carbonyl (C=O) groups is 1. The van der Waals surface area contributed by atoms with E-state index in [9.17, 15) is 9.59 Å². The molecule has 0 unspecified atom stereocenters. The van der Waals surface area contributed by atoms with Gasteiger partial charge in [-0.05, 0) is 17.5 Å². The molecule has 3 heterocycles. The van der Waals surface area contributed by atoms with E-state index in [-0.39, 0.29) is 17.6 Å². The largest absolute Gasteiger partial charge is 0.468 e. The highest BCUT2D eigenvalue weighted by Crippen LogP contribution is 2.25. The Morgan fingerprint density at radius 2 is 2.16 bits per heavy atom. The third-order valence-electron chi connectivity index (χ3n) is 4.54. The first-order chi connectivity index (χ1) is 12.2. The number of nitrogens with zero attached hydrogens (tertiary/aromatic N) is 3. The maximum absolute atomic E-state index is 12.3. The molecule has 3 aromatic rings. The smallest absolute Gasteiger partial charge is 0.323 e. The Morgan fingerprint density at radius 3 is 2.96 bits per heavy atom. The SMILES string of the molecule is COC(=O)[C@@H]1Cc2ccccc2CN1Cc1cc(=O)n2ccsc2n1. The second-order valence-corrected chi connectivity index (χ2v) is 6.93. The normalized spacial score (nSPS) is 17.4. The van der Waals surface area contributed by atoms with Crippen LogP contribution in [0.15, 0.2) is 46.7 Å². The van der Waals surface area contributed by atoms with Crippen molar-refractivity contribution < 1.29 is 9.53 Å². The molecule has 1 aliphatic rings. The van der Waals surface area contributed by atoms with Crippen LogP contribution in [0.1, 0.15) is 16.8 Å². The number of esters is 1. The van der Waals surface area contributed by atoms with Crippen LogP contribution in [0, 0.1) is 0 Å². The zero-order valence-electron chi connectivity index (χ0n) is 13.7. The number of hydrogen-bond acceptors (Lipinski definition) is 6. The van der Waals surface area contributed by atoms with E-state index in [4.69, 9.17) is 4.74 Å². The van der Waals surface area contributed by atoms with Crippen LogP contribution in [0.3, 0.4) is 0 Å². The highest BCUT2D eigenvalue weighted by Gasteiger charge is 2.32. The number of methoxy groups -OCH3 is 1. The molecule has 2 aromatic heterocycles. The lowest BCUT2D eigenvalue weighted by atomic mass is 9.94. The van der Waals surface area contributed by atoms with Crippen LogP contribution in [0.2, 0.25) is 0 Å². The molecule has 0 amide bonds. The van der Waals surface area contributed by atoms with E-state index >= 15 is 0 Å². The van der Waals surface area contributed by atoms with Gasteiger partial charge in [0.25, 0.3) is 5.56 Å². The third kappa shape index (κ3) is 2.96. The van der Waals surface area contributed by atoms with Gasteiger partial charge in [0.1, 0.15) is 6.04 Å². The molecule has 25 heavy (non-hydrogen) atoms. The first-order valence-electron chi connectivity index (χ1n) is 8.00. The fourth-order valence-electron chi connectivity index (χ4n) is 3.29. The number of fused-ring (bicyclic) bond motifs is 2. The maximum atomic E-state index is 12.3. The number of carbonyl (C=O) groups excluding carboxylic acids is 1. The third-order valence-corrected chi connectivity index (χ3v) is 5.30. The number of ether oxygens (including phenoxy) is 1. The van der Waals surface area contributed by atoms with Crippen LogP contribution in [0.25, 0.3) is 4.96 Å². The van der Waals surface area contributed by atoms with Crippen LogP contribution in [-0.2, 0) is 29.0 Å². The Kier molecular flexibility index (Phi) is 4.10. The van der Waals surface area contributed by atoms with Crippen molar-refractivity contribution in [3.8, 4) is 0 Å². The van der Waals surface area contributed by atoms with Crippen molar-refractivity contribution in [2.75, 3.05) is 7.11 Å². The van der Waals surface area contributed by atoms with E-state index in [0.29, 0.717) is 30.2 Å². The molecule has 1 atom stereocenters. The van der Waals surface area contributed by atoms with Gasteiger partial charge in [-0.2, -0.15) is 0 Å². The van der Waals surface area contributed by atoms with E-state index < -0.39 is 0 Å². The summed E-state index contributed by atoms with van der Waals surface area (Å²) < 4.78 is 6.51. The zero-order chi connectivity index (χ0) is 17.4. The Morgan fingerprint density at radius 1 is 1.36 bits per heavy atom. The highest BCUT2D eigenvalue weighted by atomic mass is 32.1. The second-order valence-electron chi connectivity index (χ2n) is 6.06. The Labute approximate surface area is 148 Å². The molecule has 0 radical (unpaired) electrons. The summed E-state index contributed by atoms with van der Waals surface area (Å²) in [6.07, 6.45) is 2.32. The van der Waals surface area contributed by atoms with E-state index in [1.807, 2.05) is 28.5 Å². The van der Waals surface area contributed by atoms with Crippen LogP contribution in [0.5, 0.6) is 0 Å². The van der Waals surface area contributed by atoms with Crippen LogP contribution >= 0.6 is 11.3 Å². The van der Waals surface area contributed by atoms with Gasteiger partial charge in [-0.15, -0.1) is 11.3 Å². The Bertz CT molecular complexity index is 994. The molecular formula is C18H17N3O3S. The molecule has 0 bridgehead atoms. The summed E-state index contributed by atoms with van der Waals surface area (Å²) in [6, 6.07) is 9.26. The molecule has 1 aromatic carbocycles. The highest BCUT2D eigenvalue weighted by molar-refractivity contribution is 7.15. The predicted molar refractivity (Wildman–Crippen MR) is 94.5 cm³/mol. The predicted octanol–water partition coefficient (Wildman–Crippen LogP) is 1.86. The van der Waals surface area contributed by atoms with Gasteiger partial charge in [0.05, 0.1) is 12.8 Å². The maximum Gasteiger partial charge on any atom is 0.323 e. The van der Waals surface area contributed by atoms with Crippen molar-refractivity contribution in [1.29, 1.82) is 0 Å². The van der Waals surface area contributed by atoms with Gasteiger partial charge in [-0.3, -0.25) is 18.9 Å². The minimum atomic E-state index is -0.372. The number of thiazole rings is 1. The minimum Gasteiger partial charge on any atom is -0.468 e. The van der Waals surface area contributed by atoms with Gasteiger partial charge < -0.3 is 4.74 Å².